The predicted molar refractivity (Wildman–Crippen MR) is 114 cm³/mol. The normalized spacial score (nSPS) is 22.5. The first-order valence-corrected chi connectivity index (χ1v) is 12.1. The zero-order valence-electron chi connectivity index (χ0n) is 17.1. The molecule has 1 aromatic carbocycles. The van der Waals surface area contributed by atoms with E-state index in [4.69, 9.17) is 4.74 Å². The van der Waals surface area contributed by atoms with Gasteiger partial charge in [-0.2, -0.15) is 0 Å². The molecule has 0 bridgehead atoms. The molecule has 31 heavy (non-hydrogen) atoms. The Labute approximate surface area is 181 Å². The van der Waals surface area contributed by atoms with Gasteiger partial charge in [-0.05, 0) is 23.6 Å². The van der Waals surface area contributed by atoms with Gasteiger partial charge in [0.2, 0.25) is 17.7 Å². The van der Waals surface area contributed by atoms with Crippen molar-refractivity contribution in [2.24, 2.45) is 5.92 Å². The summed E-state index contributed by atoms with van der Waals surface area (Å²) < 4.78 is 29.1. The molecule has 2 amide bonds. The number of nitrogens with zero attached hydrogens (tertiary/aromatic N) is 2. The van der Waals surface area contributed by atoms with Gasteiger partial charge in [-0.25, -0.2) is 13.4 Å². The number of hydrogen-bond acceptors (Lipinski definition) is 6. The molecule has 9 heteroatoms. The summed E-state index contributed by atoms with van der Waals surface area (Å²) in [6, 6.07) is 13.0. The topological polar surface area (TPSA) is 106 Å². The molecule has 3 heterocycles. The number of benzene rings is 1. The average Bonchev–Trinajstić information content (AvgIpc) is 3.33. The van der Waals surface area contributed by atoms with Crippen LogP contribution in [-0.4, -0.2) is 54.2 Å². The summed E-state index contributed by atoms with van der Waals surface area (Å²) in [4.78, 5) is 30.7. The number of likely N-dealkylation sites (tertiary alicyclic amines) is 1. The van der Waals surface area contributed by atoms with Crippen molar-refractivity contribution in [3.8, 4) is 5.88 Å². The smallest absolute Gasteiger partial charge is 0.225 e. The lowest BCUT2D eigenvalue weighted by Crippen LogP contribution is -2.39. The molecule has 2 aliphatic rings. The van der Waals surface area contributed by atoms with Crippen molar-refractivity contribution in [3.63, 3.8) is 0 Å². The molecule has 0 saturated carbocycles. The molecule has 0 spiro atoms. The summed E-state index contributed by atoms with van der Waals surface area (Å²) in [6.07, 6.45) is 2.19. The molecule has 1 aromatic heterocycles. The maximum atomic E-state index is 12.6. The van der Waals surface area contributed by atoms with Crippen molar-refractivity contribution < 1.29 is 22.7 Å². The summed E-state index contributed by atoms with van der Waals surface area (Å²) in [6.45, 7) is 0.971. The summed E-state index contributed by atoms with van der Waals surface area (Å²) >= 11 is 0. The highest BCUT2D eigenvalue weighted by atomic mass is 32.2. The van der Waals surface area contributed by atoms with E-state index in [0.717, 1.165) is 11.1 Å². The summed E-state index contributed by atoms with van der Waals surface area (Å²) in [5.41, 5.74) is 1.88. The molecule has 0 radical (unpaired) electrons. The molecular formula is C22H25N3O5S. The Kier molecular flexibility index (Phi) is 6.22. The third kappa shape index (κ3) is 5.41. The van der Waals surface area contributed by atoms with Gasteiger partial charge in [-0.15, -0.1) is 0 Å². The van der Waals surface area contributed by atoms with Crippen LogP contribution in [0.4, 0.5) is 0 Å². The van der Waals surface area contributed by atoms with Gasteiger partial charge in [-0.3, -0.25) is 9.59 Å². The fraction of sp³-hybridized carbons (Fsp3) is 0.409. The Bertz CT molecular complexity index is 1060. The molecule has 0 aliphatic carbocycles. The quantitative estimate of drug-likeness (QED) is 0.692. The number of hydrogen-bond donors (Lipinski definition) is 1. The van der Waals surface area contributed by atoms with Crippen LogP contribution in [0.5, 0.6) is 5.88 Å². The SMILES string of the molecule is O=C(NCc1ccnc(OCc2ccccc2)c1)[C@H]1CC(=O)N([C@@H]2CCS(=O)(=O)C2)C1. The van der Waals surface area contributed by atoms with Gasteiger partial charge in [0.15, 0.2) is 9.84 Å². The number of amides is 2. The van der Waals surface area contributed by atoms with Gasteiger partial charge < -0.3 is 15.0 Å². The van der Waals surface area contributed by atoms with Gasteiger partial charge >= 0.3 is 0 Å². The number of aromatic nitrogens is 1. The Morgan fingerprint density at radius 3 is 2.74 bits per heavy atom. The van der Waals surface area contributed by atoms with Gasteiger partial charge in [0.05, 0.1) is 17.4 Å². The van der Waals surface area contributed by atoms with Gasteiger partial charge in [0, 0.05) is 37.8 Å². The zero-order chi connectivity index (χ0) is 21.8. The van der Waals surface area contributed by atoms with Crippen molar-refractivity contribution in [1.29, 1.82) is 0 Å². The third-order valence-corrected chi connectivity index (χ3v) is 7.42. The molecule has 164 valence electrons. The van der Waals surface area contributed by atoms with Crippen LogP contribution in [0.25, 0.3) is 0 Å². The lowest BCUT2D eigenvalue weighted by atomic mass is 10.1. The first-order chi connectivity index (χ1) is 14.9. The van der Waals surface area contributed by atoms with Crippen LogP contribution in [-0.2, 0) is 32.6 Å². The third-order valence-electron chi connectivity index (χ3n) is 5.67. The molecular weight excluding hydrogens is 418 g/mol. The van der Waals surface area contributed by atoms with E-state index < -0.39 is 15.8 Å². The number of rotatable bonds is 7. The van der Waals surface area contributed by atoms with Crippen molar-refractivity contribution in [2.45, 2.75) is 32.0 Å². The monoisotopic (exact) mass is 443 g/mol. The first-order valence-electron chi connectivity index (χ1n) is 10.3. The second-order valence-corrected chi connectivity index (χ2v) is 10.2. The van der Waals surface area contributed by atoms with Crippen molar-refractivity contribution in [3.05, 3.63) is 59.8 Å². The van der Waals surface area contributed by atoms with Gasteiger partial charge in [-0.1, -0.05) is 30.3 Å². The second kappa shape index (κ2) is 9.05. The molecule has 4 rings (SSSR count). The largest absolute Gasteiger partial charge is 0.473 e. The standard InChI is InChI=1S/C22H25N3O5S/c26-21-11-18(13-25(21)19-7-9-31(28,29)15-19)22(27)24-12-17-6-8-23-20(10-17)30-14-16-4-2-1-3-5-16/h1-6,8,10,18-19H,7,9,11-15H2,(H,24,27)/t18-,19+/m0/s1. The first kappa shape index (κ1) is 21.3. The van der Waals surface area contributed by atoms with E-state index in [1.807, 2.05) is 30.3 Å². The second-order valence-electron chi connectivity index (χ2n) is 8.00. The highest BCUT2D eigenvalue weighted by Gasteiger charge is 2.41. The Balaban J connectivity index is 1.28. The molecule has 0 unspecified atom stereocenters. The summed E-state index contributed by atoms with van der Waals surface area (Å²) in [5.74, 6) is -0.250. The number of pyridine rings is 1. The molecule has 2 atom stereocenters. The summed E-state index contributed by atoms with van der Waals surface area (Å²) in [7, 11) is -3.08. The van der Waals surface area contributed by atoms with E-state index in [2.05, 4.69) is 10.3 Å². The molecule has 2 fully saturated rings. The van der Waals surface area contributed by atoms with Crippen LogP contribution >= 0.6 is 0 Å². The van der Waals surface area contributed by atoms with Crippen molar-refractivity contribution in [1.82, 2.24) is 15.2 Å². The van der Waals surface area contributed by atoms with E-state index in [1.54, 1.807) is 23.2 Å². The average molecular weight is 444 g/mol. The van der Waals surface area contributed by atoms with E-state index >= 15 is 0 Å². The number of sulfone groups is 1. The minimum atomic E-state index is -3.08. The van der Waals surface area contributed by atoms with E-state index in [1.165, 1.54) is 0 Å². The van der Waals surface area contributed by atoms with Crippen LogP contribution in [0.1, 0.15) is 24.0 Å². The Morgan fingerprint density at radius 2 is 2.00 bits per heavy atom. The zero-order valence-corrected chi connectivity index (χ0v) is 17.9. The lowest BCUT2D eigenvalue weighted by Gasteiger charge is -2.22. The number of ether oxygens (including phenoxy) is 1. The number of nitrogens with one attached hydrogen (secondary N) is 1. The van der Waals surface area contributed by atoms with Crippen LogP contribution < -0.4 is 10.1 Å². The maximum Gasteiger partial charge on any atom is 0.225 e. The lowest BCUT2D eigenvalue weighted by molar-refractivity contribution is -0.130. The van der Waals surface area contributed by atoms with Gasteiger partial charge in [0.1, 0.15) is 6.61 Å². The molecule has 2 saturated heterocycles. The minimum Gasteiger partial charge on any atom is -0.473 e. The molecule has 2 aromatic rings. The van der Waals surface area contributed by atoms with Crippen LogP contribution in [0, 0.1) is 5.92 Å². The Hall–Kier alpha value is -2.94. The van der Waals surface area contributed by atoms with Crippen molar-refractivity contribution in [2.75, 3.05) is 18.1 Å². The predicted octanol–water partition coefficient (Wildman–Crippen LogP) is 1.31. The summed E-state index contributed by atoms with van der Waals surface area (Å²) in [5, 5.41) is 2.87. The maximum absolute atomic E-state index is 12.6. The van der Waals surface area contributed by atoms with E-state index in [0.29, 0.717) is 25.5 Å². The number of carbonyl (C=O) groups excluding carboxylic acids is 2. The molecule has 8 nitrogen and oxygen atoms in total. The van der Waals surface area contributed by atoms with Crippen LogP contribution in [0.3, 0.4) is 0 Å². The molecule has 1 N–H and O–H groups in total. The fourth-order valence-electron chi connectivity index (χ4n) is 3.99. The highest BCUT2D eigenvalue weighted by Crippen LogP contribution is 2.26. The Morgan fingerprint density at radius 1 is 1.19 bits per heavy atom. The molecule has 2 aliphatic heterocycles. The van der Waals surface area contributed by atoms with Crippen molar-refractivity contribution >= 4 is 21.7 Å². The number of carbonyl (C=O) groups is 2. The fourth-order valence-corrected chi connectivity index (χ4v) is 5.72. The van der Waals surface area contributed by atoms with E-state index in [9.17, 15) is 18.0 Å². The van der Waals surface area contributed by atoms with Crippen LogP contribution in [0.15, 0.2) is 48.7 Å². The van der Waals surface area contributed by atoms with E-state index in [-0.39, 0.29) is 42.3 Å². The van der Waals surface area contributed by atoms with Gasteiger partial charge in [0.25, 0.3) is 0 Å². The minimum absolute atomic E-state index is 0.00411. The van der Waals surface area contributed by atoms with Crippen LogP contribution in [0.2, 0.25) is 0 Å². The highest BCUT2D eigenvalue weighted by molar-refractivity contribution is 7.91.